The van der Waals surface area contributed by atoms with Crippen LogP contribution >= 0.6 is 0 Å². The van der Waals surface area contributed by atoms with Gasteiger partial charge in [0.1, 0.15) is 17.2 Å². The third-order valence-electron chi connectivity index (χ3n) is 5.28. The number of ether oxygens (including phenoxy) is 3. The molecule has 9 nitrogen and oxygen atoms in total. The van der Waals surface area contributed by atoms with Crippen LogP contribution in [0.5, 0.6) is 17.4 Å². The zero-order valence-corrected chi connectivity index (χ0v) is 19.3. The van der Waals surface area contributed by atoms with Gasteiger partial charge in [-0.1, -0.05) is 12.1 Å². The molecule has 5 rings (SSSR count). The molecule has 2 aromatic heterocycles. The Morgan fingerprint density at radius 3 is 2.38 bits per heavy atom. The standard InChI is InChI=1S/C14H14N4O2.C11H13NO2/c1-19-9-7-12(14(20-2)15-8-9)16-13-10-5-3-4-6-11(10)17-18-13;1-14-10-6-4-9(5-7-10)12-11(13)8-2-3-8/h3-8H,1-2H3,(H2,16,17,18);4-8H,2-3H2,1H3,(H,12,13). The average molecular weight is 462 g/mol. The van der Waals surface area contributed by atoms with Gasteiger partial charge in [0.2, 0.25) is 11.8 Å². The normalized spacial score (nSPS) is 12.3. The second kappa shape index (κ2) is 10.6. The third kappa shape index (κ3) is 5.55. The average Bonchev–Trinajstić information content (AvgIpc) is 3.66. The van der Waals surface area contributed by atoms with Crippen molar-refractivity contribution in [2.45, 2.75) is 12.8 Å². The lowest BCUT2D eigenvalue weighted by molar-refractivity contribution is -0.117. The first-order valence-electron chi connectivity index (χ1n) is 10.8. The number of methoxy groups -OCH3 is 3. The molecule has 1 aliphatic rings. The van der Waals surface area contributed by atoms with Crippen LogP contribution in [-0.4, -0.2) is 42.4 Å². The van der Waals surface area contributed by atoms with Crippen LogP contribution in [0.4, 0.5) is 17.2 Å². The molecule has 3 N–H and O–H groups in total. The first kappa shape index (κ1) is 22.9. The molecule has 0 saturated heterocycles. The molecule has 0 unspecified atom stereocenters. The lowest BCUT2D eigenvalue weighted by atomic mass is 10.2. The van der Waals surface area contributed by atoms with Gasteiger partial charge in [-0.3, -0.25) is 9.89 Å². The van der Waals surface area contributed by atoms with E-state index in [4.69, 9.17) is 14.2 Å². The molecular weight excluding hydrogens is 434 g/mol. The molecule has 4 aromatic rings. The number of hydrogen-bond donors (Lipinski definition) is 3. The summed E-state index contributed by atoms with van der Waals surface area (Å²) in [6.07, 6.45) is 3.66. The van der Waals surface area contributed by atoms with Gasteiger partial charge in [0.25, 0.3) is 0 Å². The lowest BCUT2D eigenvalue weighted by Gasteiger charge is -2.10. The van der Waals surface area contributed by atoms with Gasteiger partial charge in [-0.2, -0.15) is 5.10 Å². The fourth-order valence-corrected chi connectivity index (χ4v) is 3.25. The Morgan fingerprint density at radius 2 is 1.71 bits per heavy atom. The number of pyridine rings is 1. The number of hydrogen-bond acceptors (Lipinski definition) is 7. The summed E-state index contributed by atoms with van der Waals surface area (Å²) in [4.78, 5) is 15.6. The van der Waals surface area contributed by atoms with Gasteiger partial charge in [-0.15, -0.1) is 0 Å². The highest BCUT2D eigenvalue weighted by molar-refractivity contribution is 5.94. The van der Waals surface area contributed by atoms with Crippen molar-refractivity contribution in [2.75, 3.05) is 32.0 Å². The number of carbonyl (C=O) groups excluding carboxylic acids is 1. The minimum atomic E-state index is 0.134. The highest BCUT2D eigenvalue weighted by Gasteiger charge is 2.29. The Morgan fingerprint density at radius 1 is 0.971 bits per heavy atom. The van der Waals surface area contributed by atoms with E-state index in [1.54, 1.807) is 27.5 Å². The smallest absolute Gasteiger partial charge is 0.237 e. The number of rotatable bonds is 7. The molecule has 34 heavy (non-hydrogen) atoms. The SMILES string of the molecule is COc1ccc(NC(=O)C2CC2)cc1.COc1cnc(OC)c(Nc2n[nH]c3ccccc23)c1. The maximum Gasteiger partial charge on any atom is 0.237 e. The number of benzene rings is 2. The molecule has 9 heteroatoms. The highest BCUT2D eigenvalue weighted by Crippen LogP contribution is 2.31. The van der Waals surface area contributed by atoms with Crippen LogP contribution in [-0.2, 0) is 4.79 Å². The van der Waals surface area contributed by atoms with Crippen LogP contribution in [0.2, 0.25) is 0 Å². The third-order valence-corrected chi connectivity index (χ3v) is 5.28. The van der Waals surface area contributed by atoms with Gasteiger partial charge < -0.3 is 24.8 Å². The molecule has 0 radical (unpaired) electrons. The van der Waals surface area contributed by atoms with E-state index in [1.165, 1.54) is 0 Å². The van der Waals surface area contributed by atoms with Gasteiger partial charge in [0.05, 0.1) is 33.0 Å². The summed E-state index contributed by atoms with van der Waals surface area (Å²) in [6.45, 7) is 0. The van der Waals surface area contributed by atoms with Gasteiger partial charge >= 0.3 is 0 Å². The molecule has 1 aliphatic carbocycles. The van der Waals surface area contributed by atoms with Crippen molar-refractivity contribution in [3.8, 4) is 17.4 Å². The van der Waals surface area contributed by atoms with Crippen LogP contribution < -0.4 is 24.8 Å². The Hall–Kier alpha value is -4.27. The van der Waals surface area contributed by atoms with E-state index >= 15 is 0 Å². The van der Waals surface area contributed by atoms with Gasteiger partial charge in [0, 0.05) is 23.1 Å². The van der Waals surface area contributed by atoms with Gasteiger partial charge in [-0.25, -0.2) is 4.98 Å². The Balaban J connectivity index is 0.000000172. The monoisotopic (exact) mass is 461 g/mol. The van der Waals surface area contributed by atoms with Gasteiger partial charge in [0.15, 0.2) is 5.82 Å². The summed E-state index contributed by atoms with van der Waals surface area (Å²) in [7, 11) is 4.79. The van der Waals surface area contributed by atoms with E-state index in [2.05, 4.69) is 25.8 Å². The Bertz CT molecular complexity index is 1250. The fourth-order valence-electron chi connectivity index (χ4n) is 3.25. The number of anilines is 3. The molecular formula is C25H27N5O4. The van der Waals surface area contributed by atoms with Crippen LogP contribution in [0.25, 0.3) is 10.9 Å². The Kier molecular flexibility index (Phi) is 7.12. The number of nitrogens with one attached hydrogen (secondary N) is 3. The molecule has 2 heterocycles. The van der Waals surface area contributed by atoms with Crippen molar-refractivity contribution in [3.05, 3.63) is 60.8 Å². The lowest BCUT2D eigenvalue weighted by Crippen LogP contribution is -2.12. The largest absolute Gasteiger partial charge is 0.497 e. The van der Waals surface area contributed by atoms with Crippen molar-refractivity contribution < 1.29 is 19.0 Å². The van der Waals surface area contributed by atoms with E-state index in [9.17, 15) is 4.79 Å². The molecule has 0 bridgehead atoms. The number of fused-ring (bicyclic) bond motifs is 1. The van der Waals surface area contributed by atoms with E-state index in [1.807, 2.05) is 54.6 Å². The fraction of sp³-hybridized carbons (Fsp3) is 0.240. The number of carbonyl (C=O) groups is 1. The van der Waals surface area contributed by atoms with Crippen molar-refractivity contribution in [1.29, 1.82) is 0 Å². The first-order chi connectivity index (χ1) is 16.6. The molecule has 0 aliphatic heterocycles. The molecule has 2 aromatic carbocycles. The molecule has 0 spiro atoms. The summed E-state index contributed by atoms with van der Waals surface area (Å²) in [5.74, 6) is 3.03. The van der Waals surface area contributed by atoms with Gasteiger partial charge in [-0.05, 0) is 49.2 Å². The number of aromatic nitrogens is 3. The van der Waals surface area contributed by atoms with Crippen molar-refractivity contribution in [1.82, 2.24) is 15.2 Å². The molecule has 1 amide bonds. The summed E-state index contributed by atoms with van der Waals surface area (Å²) < 4.78 is 15.4. The maximum absolute atomic E-state index is 11.4. The Labute approximate surface area is 197 Å². The molecule has 1 fully saturated rings. The second-order valence-electron chi connectivity index (χ2n) is 7.67. The van der Waals surface area contributed by atoms with E-state index in [0.717, 1.165) is 35.2 Å². The molecule has 176 valence electrons. The summed E-state index contributed by atoms with van der Waals surface area (Å²) in [5.41, 5.74) is 2.50. The van der Waals surface area contributed by atoms with E-state index < -0.39 is 0 Å². The van der Waals surface area contributed by atoms with E-state index in [0.29, 0.717) is 23.1 Å². The number of para-hydroxylation sites is 1. The first-order valence-corrected chi connectivity index (χ1v) is 10.8. The number of nitrogens with zero attached hydrogens (tertiary/aromatic N) is 2. The molecule has 1 saturated carbocycles. The van der Waals surface area contributed by atoms with Crippen molar-refractivity contribution in [2.24, 2.45) is 5.92 Å². The van der Waals surface area contributed by atoms with Crippen LogP contribution in [0.3, 0.4) is 0 Å². The maximum atomic E-state index is 11.4. The second-order valence-corrected chi connectivity index (χ2v) is 7.67. The van der Waals surface area contributed by atoms with Crippen molar-refractivity contribution in [3.63, 3.8) is 0 Å². The number of aromatic amines is 1. The predicted molar refractivity (Wildman–Crippen MR) is 131 cm³/mol. The highest BCUT2D eigenvalue weighted by atomic mass is 16.5. The zero-order valence-electron chi connectivity index (χ0n) is 19.3. The molecule has 0 atom stereocenters. The minimum absolute atomic E-state index is 0.134. The van der Waals surface area contributed by atoms with Crippen LogP contribution in [0.15, 0.2) is 60.8 Å². The topological polar surface area (TPSA) is 110 Å². The summed E-state index contributed by atoms with van der Waals surface area (Å²) in [5, 5.41) is 14.3. The van der Waals surface area contributed by atoms with Crippen molar-refractivity contribution >= 4 is 34.0 Å². The summed E-state index contributed by atoms with van der Waals surface area (Å²) in [6, 6.07) is 17.1. The van der Waals surface area contributed by atoms with E-state index in [-0.39, 0.29) is 11.8 Å². The number of H-pyrrole nitrogens is 1. The quantitative estimate of drug-likeness (QED) is 0.364. The predicted octanol–water partition coefficient (Wildman–Crippen LogP) is 4.76. The van der Waals surface area contributed by atoms with Crippen LogP contribution in [0, 0.1) is 5.92 Å². The summed E-state index contributed by atoms with van der Waals surface area (Å²) >= 11 is 0. The minimum Gasteiger partial charge on any atom is -0.497 e. The zero-order chi connectivity index (χ0) is 23.9. The number of amides is 1. The van der Waals surface area contributed by atoms with Crippen LogP contribution in [0.1, 0.15) is 12.8 Å².